The Balaban J connectivity index is 1.48. The minimum atomic E-state index is -0.575. The molecule has 4 rings (SSSR count). The summed E-state index contributed by atoms with van der Waals surface area (Å²) in [6.45, 7) is 7.74. The third kappa shape index (κ3) is 6.31. The summed E-state index contributed by atoms with van der Waals surface area (Å²) in [5, 5.41) is 2.92. The lowest BCUT2D eigenvalue weighted by Crippen LogP contribution is -2.31. The van der Waals surface area contributed by atoms with Crippen molar-refractivity contribution >= 4 is 29.5 Å². The van der Waals surface area contributed by atoms with Gasteiger partial charge in [-0.25, -0.2) is 4.79 Å². The summed E-state index contributed by atoms with van der Waals surface area (Å²) in [5.74, 6) is -0.243. The van der Waals surface area contributed by atoms with Crippen molar-refractivity contribution in [2.24, 2.45) is 0 Å². The van der Waals surface area contributed by atoms with Gasteiger partial charge in [0.05, 0.1) is 24.3 Å². The third-order valence-electron chi connectivity index (χ3n) is 6.85. The highest BCUT2D eigenvalue weighted by Crippen LogP contribution is 2.36. The summed E-state index contributed by atoms with van der Waals surface area (Å²) in [7, 11) is 1.30. The first-order chi connectivity index (χ1) is 19.2. The molecule has 0 bridgehead atoms. The van der Waals surface area contributed by atoms with Crippen molar-refractivity contribution in [3.8, 4) is 5.75 Å². The minimum Gasteiger partial charge on any atom is -0.484 e. The Kier molecular flexibility index (Phi) is 8.84. The molecule has 0 fully saturated rings. The Morgan fingerprint density at radius 1 is 0.900 bits per heavy atom. The molecule has 1 heterocycles. The van der Waals surface area contributed by atoms with E-state index < -0.39 is 5.97 Å². The van der Waals surface area contributed by atoms with Gasteiger partial charge in [0, 0.05) is 11.4 Å². The zero-order chi connectivity index (χ0) is 28.8. The molecule has 1 N–H and O–H groups in total. The number of methoxy groups -OCH3 is 1. The smallest absolute Gasteiger partial charge is 0.340 e. The number of rotatable bonds is 9. The van der Waals surface area contributed by atoms with E-state index in [0.29, 0.717) is 28.6 Å². The maximum atomic E-state index is 13.5. The number of carbonyl (C=O) groups is 3. The Bertz CT molecular complexity index is 1440. The van der Waals surface area contributed by atoms with Crippen LogP contribution in [0.2, 0.25) is 0 Å². The van der Waals surface area contributed by atoms with Crippen LogP contribution in [0.25, 0.3) is 6.08 Å². The van der Waals surface area contributed by atoms with Crippen molar-refractivity contribution in [2.75, 3.05) is 18.6 Å². The number of hydrogen-bond acceptors (Lipinski definition) is 5. The molecule has 3 aromatic carbocycles. The lowest BCUT2D eigenvalue weighted by atomic mass is 10.0. The van der Waals surface area contributed by atoms with Gasteiger partial charge < -0.3 is 14.8 Å². The number of anilines is 1. The molecule has 0 saturated carbocycles. The van der Waals surface area contributed by atoms with Crippen molar-refractivity contribution < 1.29 is 23.9 Å². The Morgan fingerprint density at radius 2 is 1.55 bits per heavy atom. The fraction of sp³-hybridized carbons (Fsp3) is 0.242. The largest absolute Gasteiger partial charge is 0.484 e. The fourth-order valence-electron chi connectivity index (χ4n) is 4.58. The number of esters is 1. The zero-order valence-corrected chi connectivity index (χ0v) is 23.4. The fourth-order valence-corrected chi connectivity index (χ4v) is 4.58. The van der Waals surface area contributed by atoms with Gasteiger partial charge in [-0.05, 0) is 66.8 Å². The number of benzene rings is 3. The van der Waals surface area contributed by atoms with Crippen molar-refractivity contribution in [1.82, 2.24) is 5.32 Å². The number of amides is 2. The molecule has 0 unspecified atom stereocenters. The number of nitrogens with one attached hydrogen (secondary N) is 1. The summed E-state index contributed by atoms with van der Waals surface area (Å²) < 4.78 is 10.7. The first-order valence-electron chi connectivity index (χ1n) is 13.2. The molecule has 1 atom stereocenters. The van der Waals surface area contributed by atoms with Crippen LogP contribution in [0, 0.1) is 0 Å². The summed E-state index contributed by atoms with van der Waals surface area (Å²) in [5.41, 5.74) is 4.54. The van der Waals surface area contributed by atoms with E-state index in [0.717, 1.165) is 11.1 Å². The second-order valence-corrected chi connectivity index (χ2v) is 9.95. The minimum absolute atomic E-state index is 0.130. The number of ether oxygens (including phenoxy) is 2. The Labute approximate surface area is 235 Å². The summed E-state index contributed by atoms with van der Waals surface area (Å²) >= 11 is 0. The topological polar surface area (TPSA) is 84.9 Å². The van der Waals surface area contributed by atoms with Crippen molar-refractivity contribution in [3.63, 3.8) is 0 Å². The molecule has 1 aliphatic rings. The van der Waals surface area contributed by atoms with Gasteiger partial charge in [-0.15, -0.1) is 0 Å². The van der Waals surface area contributed by atoms with Gasteiger partial charge >= 0.3 is 5.97 Å². The molecule has 2 amide bonds. The summed E-state index contributed by atoms with van der Waals surface area (Å²) in [6.07, 6.45) is 1.67. The molecule has 40 heavy (non-hydrogen) atoms. The quantitative estimate of drug-likeness (QED) is 0.269. The van der Waals surface area contributed by atoms with E-state index in [-0.39, 0.29) is 35.6 Å². The average Bonchev–Trinajstić information content (AvgIpc) is 3.21. The maximum absolute atomic E-state index is 13.5. The molecular formula is C33H34N2O5. The van der Waals surface area contributed by atoms with E-state index in [4.69, 9.17) is 9.47 Å². The lowest BCUT2D eigenvalue weighted by molar-refractivity contribution is -0.136. The second-order valence-electron chi connectivity index (χ2n) is 9.95. The molecule has 0 saturated heterocycles. The van der Waals surface area contributed by atoms with E-state index in [2.05, 4.69) is 19.2 Å². The molecule has 0 aliphatic carbocycles. The molecule has 3 aromatic rings. The first-order valence-corrected chi connectivity index (χ1v) is 13.2. The predicted octanol–water partition coefficient (Wildman–Crippen LogP) is 5.94. The van der Waals surface area contributed by atoms with Crippen LogP contribution < -0.4 is 15.0 Å². The van der Waals surface area contributed by atoms with Crippen LogP contribution in [0.15, 0.2) is 95.7 Å². The number of carbonyl (C=O) groups excluding carboxylic acids is 3. The predicted molar refractivity (Wildman–Crippen MR) is 156 cm³/mol. The van der Waals surface area contributed by atoms with E-state index >= 15 is 0 Å². The molecule has 0 radical (unpaired) electrons. The highest BCUT2D eigenvalue weighted by atomic mass is 16.5. The van der Waals surface area contributed by atoms with Crippen LogP contribution in [0.3, 0.4) is 0 Å². The van der Waals surface area contributed by atoms with E-state index in [1.807, 2.05) is 61.5 Å². The van der Waals surface area contributed by atoms with Crippen LogP contribution >= 0.6 is 0 Å². The molecular weight excluding hydrogens is 504 g/mol. The maximum Gasteiger partial charge on any atom is 0.340 e. The van der Waals surface area contributed by atoms with E-state index in [9.17, 15) is 14.4 Å². The zero-order valence-electron chi connectivity index (χ0n) is 23.4. The van der Waals surface area contributed by atoms with Crippen LogP contribution in [0.1, 0.15) is 56.3 Å². The van der Waals surface area contributed by atoms with Gasteiger partial charge in [0.2, 0.25) is 0 Å². The SMILES string of the molecule is COC(=O)C1=C(C)N(c2ccc(C(C)C)cc2)C(=O)/C1=C\c1ccc(OCC(=O)N[C@@H](C)c2ccccc2)cc1. The van der Waals surface area contributed by atoms with Gasteiger partial charge in [0.1, 0.15) is 5.75 Å². The van der Waals surface area contributed by atoms with Crippen LogP contribution in [0.4, 0.5) is 5.69 Å². The Hall–Kier alpha value is -4.65. The second kappa shape index (κ2) is 12.5. The normalized spacial score (nSPS) is 15.0. The molecule has 206 valence electrons. The van der Waals surface area contributed by atoms with Crippen LogP contribution in [0.5, 0.6) is 5.75 Å². The number of hydrogen-bond donors (Lipinski definition) is 1. The van der Waals surface area contributed by atoms with Gasteiger partial charge in [0.15, 0.2) is 6.61 Å². The molecule has 7 nitrogen and oxygen atoms in total. The number of allylic oxidation sites excluding steroid dienone is 1. The standard InChI is InChI=1S/C33H34N2O5/c1-21(2)25-13-15-27(16-14-25)35-23(4)31(33(38)39-5)29(32(35)37)19-24-11-17-28(18-12-24)40-20-30(36)34-22(3)26-9-7-6-8-10-26/h6-19,21-22H,20H2,1-5H3,(H,34,36)/b29-19-/t22-/m0/s1. The van der Waals surface area contributed by atoms with Gasteiger partial charge in [0.25, 0.3) is 11.8 Å². The first kappa shape index (κ1) is 28.4. The Morgan fingerprint density at radius 3 is 2.15 bits per heavy atom. The highest BCUT2D eigenvalue weighted by Gasteiger charge is 2.37. The molecule has 1 aliphatic heterocycles. The number of nitrogens with zero attached hydrogens (tertiary/aromatic N) is 1. The van der Waals surface area contributed by atoms with Gasteiger partial charge in [-0.2, -0.15) is 0 Å². The summed E-state index contributed by atoms with van der Waals surface area (Å²) in [4.78, 5) is 40.1. The van der Waals surface area contributed by atoms with Gasteiger partial charge in [-0.1, -0.05) is 68.4 Å². The van der Waals surface area contributed by atoms with Crippen LogP contribution in [-0.4, -0.2) is 31.5 Å². The average molecular weight is 539 g/mol. The van der Waals surface area contributed by atoms with Crippen molar-refractivity contribution in [2.45, 2.75) is 39.7 Å². The van der Waals surface area contributed by atoms with Crippen molar-refractivity contribution in [1.29, 1.82) is 0 Å². The van der Waals surface area contributed by atoms with Gasteiger partial charge in [-0.3, -0.25) is 14.5 Å². The monoisotopic (exact) mass is 538 g/mol. The summed E-state index contributed by atoms with van der Waals surface area (Å²) in [6, 6.07) is 24.3. The van der Waals surface area contributed by atoms with Crippen molar-refractivity contribution in [3.05, 3.63) is 112 Å². The molecule has 0 aromatic heterocycles. The van der Waals surface area contributed by atoms with E-state index in [1.54, 1.807) is 37.3 Å². The van der Waals surface area contributed by atoms with E-state index in [1.165, 1.54) is 12.0 Å². The highest BCUT2D eigenvalue weighted by molar-refractivity contribution is 6.23. The third-order valence-corrected chi connectivity index (χ3v) is 6.85. The molecule has 0 spiro atoms. The lowest BCUT2D eigenvalue weighted by Gasteiger charge is -2.19. The molecule has 7 heteroatoms. The van der Waals surface area contributed by atoms with Crippen LogP contribution in [-0.2, 0) is 19.1 Å².